The van der Waals surface area contributed by atoms with Crippen molar-refractivity contribution in [2.75, 3.05) is 0 Å². The summed E-state index contributed by atoms with van der Waals surface area (Å²) in [4.78, 5) is 7.07. The molecule has 0 unspecified atom stereocenters. The van der Waals surface area contributed by atoms with Gasteiger partial charge in [0.2, 0.25) is 0 Å². The number of hydrogen-bond donors (Lipinski definition) is 2. The van der Waals surface area contributed by atoms with Gasteiger partial charge in [0, 0.05) is 6.07 Å². The van der Waals surface area contributed by atoms with Crippen LogP contribution < -0.4 is 0 Å². The number of aromatic amines is 1. The van der Waals surface area contributed by atoms with Crippen molar-refractivity contribution in [2.45, 2.75) is 19.4 Å². The molecule has 2 rings (SSSR count). The van der Waals surface area contributed by atoms with Gasteiger partial charge in [0.25, 0.3) is 0 Å². The predicted molar refractivity (Wildman–Crippen MR) is 59.0 cm³/mol. The van der Waals surface area contributed by atoms with Crippen LogP contribution in [0.3, 0.4) is 0 Å². The predicted octanol–water partition coefficient (Wildman–Crippen LogP) is 2.69. The Kier molecular flexibility index (Phi) is 2.31. The molecule has 80 valence electrons. The van der Waals surface area contributed by atoms with E-state index in [1.165, 1.54) is 6.07 Å². The average molecular weight is 273 g/mol. The highest BCUT2D eigenvalue weighted by Gasteiger charge is 2.20. The SMILES string of the molecule is CC(C)(O)c1nc2cc(Br)c(F)cc2[nH]1. The molecule has 0 aliphatic carbocycles. The van der Waals surface area contributed by atoms with Gasteiger partial charge >= 0.3 is 0 Å². The molecule has 0 amide bonds. The topological polar surface area (TPSA) is 48.9 Å². The lowest BCUT2D eigenvalue weighted by Crippen LogP contribution is -2.17. The maximum atomic E-state index is 13.2. The highest BCUT2D eigenvalue weighted by atomic mass is 79.9. The van der Waals surface area contributed by atoms with Gasteiger partial charge in [0.05, 0.1) is 15.5 Å². The van der Waals surface area contributed by atoms with Crippen LogP contribution in [0.5, 0.6) is 0 Å². The van der Waals surface area contributed by atoms with Gasteiger partial charge in [-0.05, 0) is 35.8 Å². The number of hydrogen-bond acceptors (Lipinski definition) is 2. The number of benzene rings is 1. The molecule has 1 aromatic carbocycles. The van der Waals surface area contributed by atoms with Crippen molar-refractivity contribution >= 4 is 27.0 Å². The number of nitrogens with zero attached hydrogens (tertiary/aromatic N) is 1. The third kappa shape index (κ3) is 1.89. The highest BCUT2D eigenvalue weighted by Crippen LogP contribution is 2.25. The van der Waals surface area contributed by atoms with Crippen molar-refractivity contribution in [3.05, 3.63) is 28.2 Å². The first-order valence-electron chi connectivity index (χ1n) is 4.45. The fraction of sp³-hybridized carbons (Fsp3) is 0.300. The van der Waals surface area contributed by atoms with E-state index in [1.807, 2.05) is 0 Å². The van der Waals surface area contributed by atoms with Crippen LogP contribution in [0.2, 0.25) is 0 Å². The average Bonchev–Trinajstić information content (AvgIpc) is 2.47. The molecule has 1 heterocycles. The van der Waals surface area contributed by atoms with Gasteiger partial charge in [0.15, 0.2) is 0 Å². The number of rotatable bonds is 1. The lowest BCUT2D eigenvalue weighted by Gasteiger charge is -2.12. The smallest absolute Gasteiger partial charge is 0.139 e. The Labute approximate surface area is 94.5 Å². The first kappa shape index (κ1) is 10.6. The van der Waals surface area contributed by atoms with E-state index in [-0.39, 0.29) is 5.82 Å². The molecular formula is C10H10BrFN2O. The number of halogens is 2. The van der Waals surface area contributed by atoms with Crippen molar-refractivity contribution < 1.29 is 9.50 Å². The Morgan fingerprint density at radius 1 is 1.47 bits per heavy atom. The van der Waals surface area contributed by atoms with Gasteiger partial charge in [-0.1, -0.05) is 0 Å². The Balaban J connectivity index is 2.66. The van der Waals surface area contributed by atoms with Crippen molar-refractivity contribution in [3.8, 4) is 0 Å². The monoisotopic (exact) mass is 272 g/mol. The first-order valence-corrected chi connectivity index (χ1v) is 5.25. The zero-order chi connectivity index (χ0) is 11.2. The molecule has 0 fully saturated rings. The summed E-state index contributed by atoms with van der Waals surface area (Å²) in [5.74, 6) is 0.0726. The van der Waals surface area contributed by atoms with E-state index < -0.39 is 5.60 Å². The molecular weight excluding hydrogens is 263 g/mol. The minimum atomic E-state index is -1.05. The van der Waals surface area contributed by atoms with Crippen LogP contribution in [0, 0.1) is 5.82 Å². The minimum Gasteiger partial charge on any atom is -0.383 e. The highest BCUT2D eigenvalue weighted by molar-refractivity contribution is 9.10. The third-order valence-corrected chi connectivity index (χ3v) is 2.71. The second kappa shape index (κ2) is 3.28. The van der Waals surface area contributed by atoms with Crippen molar-refractivity contribution in [2.24, 2.45) is 0 Å². The summed E-state index contributed by atoms with van der Waals surface area (Å²) in [5.41, 5.74) is 0.148. The Hall–Kier alpha value is -0.940. The van der Waals surface area contributed by atoms with Crippen LogP contribution in [0.25, 0.3) is 11.0 Å². The number of aliphatic hydroxyl groups is 1. The van der Waals surface area contributed by atoms with Gasteiger partial charge in [-0.25, -0.2) is 9.37 Å². The lowest BCUT2D eigenvalue weighted by molar-refractivity contribution is 0.0700. The molecule has 0 saturated carbocycles. The van der Waals surface area contributed by atoms with Crippen LogP contribution in [-0.2, 0) is 5.60 Å². The van der Waals surface area contributed by atoms with E-state index in [9.17, 15) is 9.50 Å². The van der Waals surface area contributed by atoms with Crippen LogP contribution in [0.15, 0.2) is 16.6 Å². The Morgan fingerprint density at radius 3 is 2.73 bits per heavy atom. The van der Waals surface area contributed by atoms with Crippen molar-refractivity contribution in [3.63, 3.8) is 0 Å². The van der Waals surface area contributed by atoms with E-state index in [1.54, 1.807) is 19.9 Å². The summed E-state index contributed by atoms with van der Waals surface area (Å²) in [7, 11) is 0. The van der Waals surface area contributed by atoms with E-state index in [0.717, 1.165) is 0 Å². The maximum absolute atomic E-state index is 13.2. The van der Waals surface area contributed by atoms with Crippen LogP contribution in [-0.4, -0.2) is 15.1 Å². The third-order valence-electron chi connectivity index (χ3n) is 2.10. The normalized spacial score (nSPS) is 12.3. The minimum absolute atomic E-state index is 0.353. The van der Waals surface area contributed by atoms with Gasteiger partial charge < -0.3 is 10.1 Å². The van der Waals surface area contributed by atoms with Crippen LogP contribution in [0.1, 0.15) is 19.7 Å². The van der Waals surface area contributed by atoms with E-state index in [2.05, 4.69) is 25.9 Å². The van der Waals surface area contributed by atoms with Crippen molar-refractivity contribution in [1.29, 1.82) is 0 Å². The molecule has 15 heavy (non-hydrogen) atoms. The molecule has 0 bridgehead atoms. The second-order valence-electron chi connectivity index (χ2n) is 3.93. The Morgan fingerprint density at radius 2 is 2.13 bits per heavy atom. The van der Waals surface area contributed by atoms with Gasteiger partial charge in [-0.3, -0.25) is 0 Å². The molecule has 5 heteroatoms. The van der Waals surface area contributed by atoms with Gasteiger partial charge in [-0.15, -0.1) is 0 Å². The van der Waals surface area contributed by atoms with Gasteiger partial charge in [0.1, 0.15) is 17.2 Å². The second-order valence-corrected chi connectivity index (χ2v) is 4.78. The molecule has 0 aliphatic heterocycles. The quantitative estimate of drug-likeness (QED) is 0.839. The lowest BCUT2D eigenvalue weighted by atomic mass is 10.1. The molecule has 0 aliphatic rings. The number of H-pyrrole nitrogens is 1. The molecule has 2 aromatic rings. The fourth-order valence-corrected chi connectivity index (χ4v) is 1.63. The zero-order valence-corrected chi connectivity index (χ0v) is 9.89. The van der Waals surface area contributed by atoms with E-state index in [0.29, 0.717) is 21.3 Å². The molecule has 0 atom stereocenters. The zero-order valence-electron chi connectivity index (χ0n) is 8.31. The molecule has 0 radical (unpaired) electrons. The summed E-state index contributed by atoms with van der Waals surface area (Å²) in [6.07, 6.45) is 0. The fourth-order valence-electron chi connectivity index (χ4n) is 1.29. The molecule has 1 aromatic heterocycles. The Bertz CT molecular complexity index is 477. The standard InChI is InChI=1S/C10H10BrFN2O/c1-10(2,15)9-13-7-3-5(11)6(12)4-8(7)14-9/h3-4,15H,1-2H3,(H,13,14). The summed E-state index contributed by atoms with van der Waals surface area (Å²) in [5, 5.41) is 9.73. The number of imidazole rings is 1. The number of aromatic nitrogens is 2. The van der Waals surface area contributed by atoms with Crippen molar-refractivity contribution in [1.82, 2.24) is 9.97 Å². The van der Waals surface area contributed by atoms with Crippen LogP contribution in [0.4, 0.5) is 4.39 Å². The van der Waals surface area contributed by atoms with Gasteiger partial charge in [-0.2, -0.15) is 0 Å². The van der Waals surface area contributed by atoms with E-state index >= 15 is 0 Å². The molecule has 0 spiro atoms. The van der Waals surface area contributed by atoms with E-state index in [4.69, 9.17) is 0 Å². The summed E-state index contributed by atoms with van der Waals surface area (Å²) in [6.45, 7) is 3.24. The summed E-state index contributed by atoms with van der Waals surface area (Å²) < 4.78 is 13.6. The number of fused-ring (bicyclic) bond motifs is 1. The summed E-state index contributed by atoms with van der Waals surface area (Å²) >= 11 is 3.08. The number of nitrogens with one attached hydrogen (secondary N) is 1. The molecule has 3 nitrogen and oxygen atoms in total. The first-order chi connectivity index (χ1) is 6.88. The summed E-state index contributed by atoms with van der Waals surface area (Å²) in [6, 6.07) is 2.93. The maximum Gasteiger partial charge on any atom is 0.139 e. The largest absolute Gasteiger partial charge is 0.383 e. The molecule has 2 N–H and O–H groups in total. The molecule has 0 saturated heterocycles. The van der Waals surface area contributed by atoms with Crippen LogP contribution >= 0.6 is 15.9 Å².